The molecule has 0 bridgehead atoms. The SMILES string of the molecule is O=C(ONS)C1CCC(C2(CF)NN2)CC1. The van der Waals surface area contributed by atoms with Crippen LogP contribution in [0.15, 0.2) is 0 Å². The van der Waals surface area contributed by atoms with E-state index in [-0.39, 0.29) is 17.8 Å². The third-order valence-corrected chi connectivity index (χ3v) is 3.65. The van der Waals surface area contributed by atoms with Gasteiger partial charge in [0.1, 0.15) is 12.3 Å². The molecule has 7 heteroatoms. The molecule has 2 aliphatic rings. The van der Waals surface area contributed by atoms with E-state index in [2.05, 4.69) is 33.4 Å². The normalized spacial score (nSPS) is 32.1. The summed E-state index contributed by atoms with van der Waals surface area (Å²) in [7, 11) is 0. The van der Waals surface area contributed by atoms with Gasteiger partial charge < -0.3 is 4.84 Å². The number of alkyl halides is 1. The summed E-state index contributed by atoms with van der Waals surface area (Å²) in [6.45, 7) is -0.412. The Hall–Kier alpha value is -0.370. The van der Waals surface area contributed by atoms with E-state index in [1.54, 1.807) is 0 Å². The van der Waals surface area contributed by atoms with Gasteiger partial charge in [0, 0.05) is 0 Å². The molecule has 0 aromatic heterocycles. The summed E-state index contributed by atoms with van der Waals surface area (Å²) < 4.78 is 12.8. The standard InChI is InChI=1S/C9H16FN3O2S/c10-5-9(11-12-9)7-3-1-6(2-4-7)8(14)15-13-16/h6-7,11-13,16H,1-5H2. The van der Waals surface area contributed by atoms with Crippen LogP contribution in [0.2, 0.25) is 0 Å². The summed E-state index contributed by atoms with van der Waals surface area (Å²) >= 11 is 3.61. The van der Waals surface area contributed by atoms with Crippen molar-refractivity contribution in [1.82, 2.24) is 15.7 Å². The first-order chi connectivity index (χ1) is 7.72. The maximum Gasteiger partial charge on any atom is 0.328 e. The summed E-state index contributed by atoms with van der Waals surface area (Å²) in [4.78, 5) is 18.1. The lowest BCUT2D eigenvalue weighted by Crippen LogP contribution is -2.36. The Morgan fingerprint density at radius 1 is 1.44 bits per heavy atom. The highest BCUT2D eigenvalue weighted by Gasteiger charge is 2.50. The predicted octanol–water partition coefficient (Wildman–Crippen LogP) is 0.459. The topological polar surface area (TPSA) is 82.2 Å². The molecule has 0 atom stereocenters. The molecule has 16 heavy (non-hydrogen) atoms. The number of halogens is 1. The van der Waals surface area contributed by atoms with E-state index in [1.807, 2.05) is 0 Å². The number of thiol groups is 1. The molecule has 92 valence electrons. The third kappa shape index (κ3) is 2.32. The summed E-state index contributed by atoms with van der Waals surface area (Å²) in [6.07, 6.45) is 3.14. The van der Waals surface area contributed by atoms with E-state index < -0.39 is 12.3 Å². The zero-order valence-electron chi connectivity index (χ0n) is 8.83. The van der Waals surface area contributed by atoms with Gasteiger partial charge in [0.25, 0.3) is 0 Å². The van der Waals surface area contributed by atoms with Crippen LogP contribution in [0.4, 0.5) is 4.39 Å². The Morgan fingerprint density at radius 2 is 2.06 bits per heavy atom. The van der Waals surface area contributed by atoms with E-state index in [0.29, 0.717) is 0 Å². The number of hydrazine groups is 1. The van der Waals surface area contributed by atoms with Crippen LogP contribution < -0.4 is 15.7 Å². The molecule has 0 amide bonds. The van der Waals surface area contributed by atoms with Gasteiger partial charge >= 0.3 is 5.97 Å². The minimum Gasteiger partial charge on any atom is -0.360 e. The third-order valence-electron chi connectivity index (χ3n) is 3.56. The first-order valence-electron chi connectivity index (χ1n) is 5.42. The van der Waals surface area contributed by atoms with E-state index in [1.165, 1.54) is 0 Å². The van der Waals surface area contributed by atoms with Crippen molar-refractivity contribution in [2.45, 2.75) is 31.3 Å². The first-order valence-corrected chi connectivity index (χ1v) is 5.86. The van der Waals surface area contributed by atoms with Crippen molar-refractivity contribution in [3.05, 3.63) is 0 Å². The molecule has 0 aromatic rings. The lowest BCUT2D eigenvalue weighted by atomic mass is 9.77. The second-order valence-corrected chi connectivity index (χ2v) is 4.60. The second kappa shape index (κ2) is 4.87. The van der Waals surface area contributed by atoms with Crippen LogP contribution in [-0.4, -0.2) is 18.3 Å². The summed E-state index contributed by atoms with van der Waals surface area (Å²) in [6, 6.07) is 0. The second-order valence-electron chi connectivity index (χ2n) is 4.42. The fraction of sp³-hybridized carbons (Fsp3) is 0.889. The van der Waals surface area contributed by atoms with Crippen LogP contribution in [-0.2, 0) is 9.63 Å². The highest BCUT2D eigenvalue weighted by Crippen LogP contribution is 2.38. The number of nitrogens with one attached hydrogen (secondary N) is 3. The van der Waals surface area contributed by atoms with Gasteiger partial charge in [-0.1, -0.05) is 17.7 Å². The van der Waals surface area contributed by atoms with Crippen molar-refractivity contribution in [1.29, 1.82) is 0 Å². The fourth-order valence-corrected chi connectivity index (χ4v) is 2.50. The van der Waals surface area contributed by atoms with Crippen LogP contribution in [0.25, 0.3) is 0 Å². The number of rotatable bonds is 4. The van der Waals surface area contributed by atoms with Gasteiger partial charge in [-0.3, -0.25) is 4.79 Å². The maximum absolute atomic E-state index is 12.8. The number of hydrogen-bond acceptors (Lipinski definition) is 6. The monoisotopic (exact) mass is 249 g/mol. The van der Waals surface area contributed by atoms with E-state index >= 15 is 0 Å². The van der Waals surface area contributed by atoms with E-state index in [9.17, 15) is 9.18 Å². The average molecular weight is 249 g/mol. The summed E-state index contributed by atoms with van der Waals surface area (Å²) in [5, 5.41) is 0. The molecule has 2 rings (SSSR count). The molecule has 0 spiro atoms. The molecule has 5 nitrogen and oxygen atoms in total. The van der Waals surface area contributed by atoms with Gasteiger partial charge in [-0.25, -0.2) is 15.2 Å². The van der Waals surface area contributed by atoms with Gasteiger partial charge in [-0.2, -0.15) is 0 Å². The number of hydrogen-bond donors (Lipinski definition) is 4. The Labute approximate surface area is 99.0 Å². The molecule has 1 saturated carbocycles. The van der Waals surface area contributed by atoms with Crippen molar-refractivity contribution in [2.24, 2.45) is 11.8 Å². The lowest BCUT2D eigenvalue weighted by Gasteiger charge is -2.29. The van der Waals surface area contributed by atoms with Crippen molar-refractivity contribution in [3.63, 3.8) is 0 Å². The predicted molar refractivity (Wildman–Crippen MR) is 58.6 cm³/mol. The lowest BCUT2D eigenvalue weighted by molar-refractivity contribution is -0.153. The fourth-order valence-electron chi connectivity index (χ4n) is 2.41. The Kier molecular flexibility index (Phi) is 3.68. The molecular formula is C9H16FN3O2S. The van der Waals surface area contributed by atoms with E-state index in [4.69, 9.17) is 0 Å². The zero-order valence-corrected chi connectivity index (χ0v) is 9.73. The van der Waals surface area contributed by atoms with Gasteiger partial charge in [0.15, 0.2) is 0 Å². The molecule has 0 radical (unpaired) electrons. The number of carbonyl (C=O) groups is 1. The first kappa shape index (κ1) is 12.1. The maximum atomic E-state index is 12.8. The van der Waals surface area contributed by atoms with Crippen molar-refractivity contribution in [2.75, 3.05) is 6.67 Å². The quantitative estimate of drug-likeness (QED) is 0.330. The summed E-state index contributed by atoms with van der Waals surface area (Å²) in [5.41, 5.74) is 5.22. The van der Waals surface area contributed by atoms with Crippen LogP contribution >= 0.6 is 12.8 Å². The van der Waals surface area contributed by atoms with Crippen molar-refractivity contribution in [3.8, 4) is 0 Å². The van der Waals surface area contributed by atoms with Crippen LogP contribution in [0.5, 0.6) is 0 Å². The number of carbonyl (C=O) groups excluding carboxylic acids is 1. The van der Waals surface area contributed by atoms with Crippen LogP contribution in [0, 0.1) is 11.8 Å². The van der Waals surface area contributed by atoms with Crippen LogP contribution in [0.3, 0.4) is 0 Å². The zero-order chi connectivity index (χ0) is 11.6. The van der Waals surface area contributed by atoms with Crippen LogP contribution in [0.1, 0.15) is 25.7 Å². The van der Waals surface area contributed by atoms with Gasteiger partial charge in [-0.15, -0.1) is 0 Å². The van der Waals surface area contributed by atoms with Crippen molar-refractivity contribution >= 4 is 18.8 Å². The minimum atomic E-state index is -0.517. The molecule has 0 unspecified atom stereocenters. The molecule has 1 aliphatic heterocycles. The molecule has 1 heterocycles. The van der Waals surface area contributed by atoms with Gasteiger partial charge in [0.05, 0.1) is 5.92 Å². The van der Waals surface area contributed by atoms with Gasteiger partial charge in [-0.05, 0) is 31.6 Å². The molecule has 1 aliphatic carbocycles. The Bertz CT molecular complexity index is 267. The highest BCUT2D eigenvalue weighted by atomic mass is 32.1. The molecule has 1 saturated heterocycles. The summed E-state index contributed by atoms with van der Waals surface area (Å²) in [5.74, 6) is -0.115. The molecule has 0 aromatic carbocycles. The highest BCUT2D eigenvalue weighted by molar-refractivity contribution is 7.77. The smallest absolute Gasteiger partial charge is 0.328 e. The van der Waals surface area contributed by atoms with E-state index in [0.717, 1.165) is 25.7 Å². The average Bonchev–Trinajstić information content (AvgIpc) is 3.10. The molecule has 2 fully saturated rings. The van der Waals surface area contributed by atoms with Gasteiger partial charge in [0.2, 0.25) is 0 Å². The van der Waals surface area contributed by atoms with Crippen molar-refractivity contribution < 1.29 is 14.0 Å². The Morgan fingerprint density at radius 3 is 2.50 bits per heavy atom. The Balaban J connectivity index is 1.80. The largest absolute Gasteiger partial charge is 0.360 e. The molecular weight excluding hydrogens is 233 g/mol. The minimum absolute atomic E-state index is 0.0914. The molecule has 3 N–H and O–H groups in total.